The number of aryl methyl sites for hydroxylation is 1. The number of ether oxygens (including phenoxy) is 2. The lowest BCUT2D eigenvalue weighted by atomic mass is 10.1. The number of benzene rings is 2. The summed E-state index contributed by atoms with van der Waals surface area (Å²) < 4.78 is 24.0. The van der Waals surface area contributed by atoms with E-state index in [0.29, 0.717) is 31.7 Å². The summed E-state index contributed by atoms with van der Waals surface area (Å²) in [7, 11) is 1.63. The first-order chi connectivity index (χ1) is 13.5. The number of amides is 1. The Hall–Kier alpha value is -3.09. The third-order valence-electron chi connectivity index (χ3n) is 4.79. The number of hydrogen-bond acceptors (Lipinski definition) is 5. The molecule has 0 N–H and O–H groups in total. The molecule has 6 nitrogen and oxygen atoms in total. The van der Waals surface area contributed by atoms with E-state index in [2.05, 4.69) is 4.90 Å². The van der Waals surface area contributed by atoms with Gasteiger partial charge in [0.05, 0.1) is 18.4 Å². The molecule has 0 aliphatic carbocycles. The van der Waals surface area contributed by atoms with E-state index in [4.69, 9.17) is 9.47 Å². The van der Waals surface area contributed by atoms with Crippen molar-refractivity contribution in [3.8, 4) is 5.75 Å². The molecule has 1 fully saturated rings. The summed E-state index contributed by atoms with van der Waals surface area (Å²) in [6.07, 6.45) is 0. The van der Waals surface area contributed by atoms with Crippen LogP contribution in [0.5, 0.6) is 5.75 Å². The van der Waals surface area contributed by atoms with Gasteiger partial charge in [-0.25, -0.2) is 9.18 Å². The highest BCUT2D eigenvalue weighted by atomic mass is 19.1. The Labute approximate surface area is 163 Å². The SMILES string of the molecule is COc1ccccc1N1CCN(C(=O)COC(=O)c2ccc(C)c(F)c2)CC1. The first-order valence-electron chi connectivity index (χ1n) is 9.08. The Morgan fingerprint density at radius 1 is 1.07 bits per heavy atom. The van der Waals surface area contributed by atoms with Crippen molar-refractivity contribution in [2.24, 2.45) is 0 Å². The van der Waals surface area contributed by atoms with Crippen LogP contribution in [0.1, 0.15) is 15.9 Å². The van der Waals surface area contributed by atoms with Crippen LogP contribution in [-0.4, -0.2) is 56.7 Å². The van der Waals surface area contributed by atoms with Crippen molar-refractivity contribution >= 4 is 17.6 Å². The average Bonchev–Trinajstić information content (AvgIpc) is 2.73. The summed E-state index contributed by atoms with van der Waals surface area (Å²) in [5.74, 6) is -0.657. The monoisotopic (exact) mass is 386 g/mol. The van der Waals surface area contributed by atoms with Gasteiger partial charge in [-0.2, -0.15) is 0 Å². The standard InChI is InChI=1S/C21H23FN2O4/c1-15-7-8-16(13-17(15)22)21(26)28-14-20(25)24-11-9-23(10-12-24)18-5-3-4-6-19(18)27-2/h3-8,13H,9-12,14H2,1-2H3. The fourth-order valence-electron chi connectivity index (χ4n) is 3.11. The third-order valence-corrected chi connectivity index (χ3v) is 4.79. The van der Waals surface area contributed by atoms with Crippen LogP contribution in [0.4, 0.5) is 10.1 Å². The number of carbonyl (C=O) groups excluding carboxylic acids is 2. The summed E-state index contributed by atoms with van der Waals surface area (Å²) in [5.41, 5.74) is 1.53. The predicted molar refractivity (Wildman–Crippen MR) is 103 cm³/mol. The molecular weight excluding hydrogens is 363 g/mol. The quantitative estimate of drug-likeness (QED) is 0.740. The number of carbonyl (C=O) groups is 2. The van der Waals surface area contributed by atoms with Crippen molar-refractivity contribution in [3.63, 3.8) is 0 Å². The second-order valence-corrected chi connectivity index (χ2v) is 6.58. The molecule has 2 aromatic rings. The van der Waals surface area contributed by atoms with Crippen LogP contribution in [0.15, 0.2) is 42.5 Å². The zero-order valence-corrected chi connectivity index (χ0v) is 16.0. The molecule has 0 aromatic heterocycles. The molecular formula is C21H23FN2O4. The zero-order valence-electron chi connectivity index (χ0n) is 16.0. The van der Waals surface area contributed by atoms with Gasteiger partial charge in [0.25, 0.3) is 5.91 Å². The smallest absolute Gasteiger partial charge is 0.338 e. The predicted octanol–water partition coefficient (Wildman–Crippen LogP) is 2.65. The fraction of sp³-hybridized carbons (Fsp3) is 0.333. The number of rotatable bonds is 5. The normalized spacial score (nSPS) is 14.0. The topological polar surface area (TPSA) is 59.1 Å². The molecule has 0 unspecified atom stereocenters. The number of esters is 1. The lowest BCUT2D eigenvalue weighted by Gasteiger charge is -2.36. The average molecular weight is 386 g/mol. The maximum absolute atomic E-state index is 13.6. The first kappa shape index (κ1) is 19.7. The maximum Gasteiger partial charge on any atom is 0.338 e. The minimum atomic E-state index is -0.708. The molecule has 0 saturated carbocycles. The van der Waals surface area contributed by atoms with Crippen molar-refractivity contribution in [1.82, 2.24) is 4.90 Å². The van der Waals surface area contributed by atoms with Gasteiger partial charge >= 0.3 is 5.97 Å². The van der Waals surface area contributed by atoms with Gasteiger partial charge in [-0.15, -0.1) is 0 Å². The number of halogens is 1. The summed E-state index contributed by atoms with van der Waals surface area (Å²) in [4.78, 5) is 28.2. The molecule has 28 heavy (non-hydrogen) atoms. The number of anilines is 1. The Bertz CT molecular complexity index is 863. The molecule has 1 aliphatic heterocycles. The second kappa shape index (κ2) is 8.73. The van der Waals surface area contributed by atoms with E-state index in [1.165, 1.54) is 12.1 Å². The van der Waals surface area contributed by atoms with Crippen molar-refractivity contribution in [3.05, 3.63) is 59.4 Å². The Balaban J connectivity index is 1.51. The molecule has 1 aliphatic rings. The molecule has 0 bridgehead atoms. The first-order valence-corrected chi connectivity index (χ1v) is 9.08. The molecule has 0 radical (unpaired) electrons. The third kappa shape index (κ3) is 4.42. The minimum absolute atomic E-state index is 0.0943. The van der Waals surface area contributed by atoms with E-state index < -0.39 is 11.8 Å². The van der Waals surface area contributed by atoms with Crippen molar-refractivity contribution < 1.29 is 23.5 Å². The van der Waals surface area contributed by atoms with Gasteiger partial charge < -0.3 is 19.3 Å². The summed E-state index contributed by atoms with van der Waals surface area (Å²) >= 11 is 0. The van der Waals surface area contributed by atoms with Gasteiger partial charge in [-0.05, 0) is 36.8 Å². The largest absolute Gasteiger partial charge is 0.495 e. The molecule has 1 amide bonds. The number of nitrogens with zero attached hydrogens (tertiary/aromatic N) is 2. The lowest BCUT2D eigenvalue weighted by molar-refractivity contribution is -0.134. The Kier molecular flexibility index (Phi) is 6.13. The van der Waals surface area contributed by atoms with E-state index in [1.807, 2.05) is 24.3 Å². The molecule has 3 rings (SSSR count). The molecule has 7 heteroatoms. The minimum Gasteiger partial charge on any atom is -0.495 e. The van der Waals surface area contributed by atoms with Crippen LogP contribution < -0.4 is 9.64 Å². The van der Waals surface area contributed by atoms with Crippen molar-refractivity contribution in [1.29, 1.82) is 0 Å². The van der Waals surface area contributed by atoms with E-state index >= 15 is 0 Å². The van der Waals surface area contributed by atoms with E-state index in [-0.39, 0.29) is 18.1 Å². The van der Waals surface area contributed by atoms with Gasteiger partial charge in [-0.3, -0.25) is 4.79 Å². The molecule has 0 spiro atoms. The highest BCUT2D eigenvalue weighted by Crippen LogP contribution is 2.28. The van der Waals surface area contributed by atoms with Crippen LogP contribution in [0.25, 0.3) is 0 Å². The highest BCUT2D eigenvalue weighted by molar-refractivity contribution is 5.91. The number of hydrogen-bond donors (Lipinski definition) is 0. The van der Waals surface area contributed by atoms with Crippen LogP contribution in [0.2, 0.25) is 0 Å². The van der Waals surface area contributed by atoms with E-state index in [1.54, 1.807) is 18.9 Å². The molecule has 148 valence electrons. The van der Waals surface area contributed by atoms with Crippen LogP contribution in [0.3, 0.4) is 0 Å². The number of piperazine rings is 1. The van der Waals surface area contributed by atoms with Crippen LogP contribution in [0, 0.1) is 12.7 Å². The summed E-state index contributed by atoms with van der Waals surface area (Å²) in [5, 5.41) is 0. The molecule has 1 saturated heterocycles. The van der Waals surface area contributed by atoms with E-state index in [9.17, 15) is 14.0 Å². The van der Waals surface area contributed by atoms with E-state index in [0.717, 1.165) is 17.5 Å². The highest BCUT2D eigenvalue weighted by Gasteiger charge is 2.23. The molecule has 2 aromatic carbocycles. The van der Waals surface area contributed by atoms with Gasteiger partial charge in [0.2, 0.25) is 0 Å². The van der Waals surface area contributed by atoms with Crippen molar-refractivity contribution in [2.75, 3.05) is 44.8 Å². The van der Waals surface area contributed by atoms with Crippen LogP contribution >= 0.6 is 0 Å². The molecule has 1 heterocycles. The summed E-state index contributed by atoms with van der Waals surface area (Å²) in [6.45, 7) is 3.61. The van der Waals surface area contributed by atoms with Gasteiger partial charge in [0.1, 0.15) is 11.6 Å². The summed E-state index contributed by atoms with van der Waals surface area (Å²) in [6, 6.07) is 11.9. The molecule has 0 atom stereocenters. The van der Waals surface area contributed by atoms with Gasteiger partial charge in [0.15, 0.2) is 6.61 Å². The number of para-hydroxylation sites is 2. The van der Waals surface area contributed by atoms with Crippen molar-refractivity contribution in [2.45, 2.75) is 6.92 Å². The second-order valence-electron chi connectivity index (χ2n) is 6.58. The Morgan fingerprint density at radius 2 is 1.79 bits per heavy atom. The van der Waals surface area contributed by atoms with Gasteiger partial charge in [-0.1, -0.05) is 18.2 Å². The van der Waals surface area contributed by atoms with Gasteiger partial charge in [0, 0.05) is 26.2 Å². The zero-order chi connectivity index (χ0) is 20.1. The fourth-order valence-corrected chi connectivity index (χ4v) is 3.11. The number of methoxy groups -OCH3 is 1. The van der Waals surface area contributed by atoms with Crippen LogP contribution in [-0.2, 0) is 9.53 Å². The Morgan fingerprint density at radius 3 is 2.46 bits per heavy atom. The maximum atomic E-state index is 13.6. The lowest BCUT2D eigenvalue weighted by Crippen LogP contribution is -2.50.